The highest BCUT2D eigenvalue weighted by Crippen LogP contribution is 2.32. The number of halogens is 3. The second-order valence-corrected chi connectivity index (χ2v) is 6.29. The maximum Gasteiger partial charge on any atom is 0.416 e. The lowest BCUT2D eigenvalue weighted by molar-refractivity contribution is -0.137. The molecular formula is C20H20F3NO. The lowest BCUT2D eigenvalue weighted by atomic mass is 10.1. The standard InChI is InChI=1S/C20H20F3NO/c1-2-3-4-7-12-24-17-9-6-5-8-15(17)19(25)16-11-10-14(13-18(16)24)20(21,22)23/h5-6,8-11,13H,2-4,7,12H2,1H3. The molecule has 5 heteroatoms. The van der Waals surface area contributed by atoms with Gasteiger partial charge in [0.25, 0.3) is 0 Å². The van der Waals surface area contributed by atoms with Gasteiger partial charge in [0, 0.05) is 17.3 Å². The molecule has 1 heterocycles. The van der Waals surface area contributed by atoms with Crippen molar-refractivity contribution < 1.29 is 13.2 Å². The monoisotopic (exact) mass is 347 g/mol. The molecule has 0 fully saturated rings. The van der Waals surface area contributed by atoms with Crippen LogP contribution in [0.15, 0.2) is 47.3 Å². The van der Waals surface area contributed by atoms with E-state index in [2.05, 4.69) is 6.92 Å². The van der Waals surface area contributed by atoms with Crippen LogP contribution in [0.1, 0.15) is 38.2 Å². The molecule has 132 valence electrons. The van der Waals surface area contributed by atoms with Gasteiger partial charge >= 0.3 is 6.18 Å². The number of aromatic nitrogens is 1. The van der Waals surface area contributed by atoms with E-state index in [1.807, 2.05) is 10.6 Å². The van der Waals surface area contributed by atoms with Gasteiger partial charge in [-0.2, -0.15) is 13.2 Å². The van der Waals surface area contributed by atoms with E-state index in [0.717, 1.165) is 37.8 Å². The van der Waals surface area contributed by atoms with Gasteiger partial charge in [0.1, 0.15) is 0 Å². The molecular weight excluding hydrogens is 327 g/mol. The smallest absolute Gasteiger partial charge is 0.340 e. The molecule has 1 aromatic heterocycles. The minimum Gasteiger partial charge on any atom is -0.340 e. The lowest BCUT2D eigenvalue weighted by Gasteiger charge is -2.16. The van der Waals surface area contributed by atoms with Gasteiger partial charge in [-0.15, -0.1) is 0 Å². The van der Waals surface area contributed by atoms with Crippen LogP contribution in [0, 0.1) is 0 Å². The molecule has 0 aliphatic carbocycles. The summed E-state index contributed by atoms with van der Waals surface area (Å²) in [6.07, 6.45) is -0.375. The molecule has 0 radical (unpaired) electrons. The summed E-state index contributed by atoms with van der Waals surface area (Å²) in [5.41, 5.74) is 0.104. The molecule has 0 atom stereocenters. The number of hydrogen-bond donors (Lipinski definition) is 0. The fourth-order valence-electron chi connectivity index (χ4n) is 3.24. The Kier molecular flexibility index (Phi) is 4.84. The van der Waals surface area contributed by atoms with Crippen molar-refractivity contribution in [1.29, 1.82) is 0 Å². The number of alkyl halides is 3. The predicted molar refractivity (Wildman–Crippen MR) is 94.9 cm³/mol. The fourth-order valence-corrected chi connectivity index (χ4v) is 3.24. The number of benzene rings is 2. The minimum atomic E-state index is -4.43. The SMILES string of the molecule is CCCCCCn1c2ccccc2c(=O)c2ccc(C(F)(F)F)cc21. The molecule has 2 aromatic carbocycles. The Labute approximate surface area is 143 Å². The summed E-state index contributed by atoms with van der Waals surface area (Å²) in [6.45, 7) is 2.71. The zero-order valence-corrected chi connectivity index (χ0v) is 14.1. The molecule has 25 heavy (non-hydrogen) atoms. The Morgan fingerprint density at radius 1 is 0.920 bits per heavy atom. The Morgan fingerprint density at radius 2 is 1.64 bits per heavy atom. The summed E-state index contributed by atoms with van der Waals surface area (Å²) >= 11 is 0. The second kappa shape index (κ2) is 6.90. The summed E-state index contributed by atoms with van der Waals surface area (Å²) < 4.78 is 41.2. The zero-order chi connectivity index (χ0) is 18.0. The van der Waals surface area contributed by atoms with Crippen molar-refractivity contribution in [2.75, 3.05) is 0 Å². The van der Waals surface area contributed by atoms with Gasteiger partial charge in [-0.05, 0) is 36.8 Å². The van der Waals surface area contributed by atoms with E-state index in [9.17, 15) is 18.0 Å². The van der Waals surface area contributed by atoms with Crippen molar-refractivity contribution in [2.24, 2.45) is 0 Å². The first kappa shape index (κ1) is 17.5. The van der Waals surface area contributed by atoms with Crippen LogP contribution in [0.3, 0.4) is 0 Å². The third-order valence-electron chi connectivity index (χ3n) is 4.54. The third-order valence-corrected chi connectivity index (χ3v) is 4.54. The van der Waals surface area contributed by atoms with Crippen molar-refractivity contribution in [2.45, 2.75) is 45.3 Å². The number of hydrogen-bond acceptors (Lipinski definition) is 1. The average molecular weight is 347 g/mol. The van der Waals surface area contributed by atoms with Crippen LogP contribution in [-0.4, -0.2) is 4.57 Å². The first-order chi connectivity index (χ1) is 11.9. The molecule has 2 nitrogen and oxygen atoms in total. The Bertz CT molecular complexity index is 957. The van der Waals surface area contributed by atoms with Crippen molar-refractivity contribution in [1.82, 2.24) is 4.57 Å². The molecule has 0 aliphatic rings. The van der Waals surface area contributed by atoms with Crippen LogP contribution in [0.4, 0.5) is 13.2 Å². The summed E-state index contributed by atoms with van der Waals surface area (Å²) in [5, 5.41) is 0.882. The highest BCUT2D eigenvalue weighted by molar-refractivity contribution is 5.93. The van der Waals surface area contributed by atoms with Crippen LogP contribution in [0.2, 0.25) is 0 Å². The second-order valence-electron chi connectivity index (χ2n) is 6.29. The first-order valence-corrected chi connectivity index (χ1v) is 8.56. The molecule has 0 unspecified atom stereocenters. The summed E-state index contributed by atoms with van der Waals surface area (Å²) in [6, 6.07) is 10.5. The molecule has 0 N–H and O–H groups in total. The maximum absolute atomic E-state index is 13.1. The molecule has 3 rings (SSSR count). The van der Waals surface area contributed by atoms with Crippen molar-refractivity contribution >= 4 is 21.8 Å². The molecule has 0 spiro atoms. The van der Waals surface area contributed by atoms with E-state index < -0.39 is 11.7 Å². The van der Waals surface area contributed by atoms with Gasteiger partial charge in [0.05, 0.1) is 16.6 Å². The molecule has 0 saturated heterocycles. The zero-order valence-electron chi connectivity index (χ0n) is 14.1. The molecule has 3 aromatic rings. The Hall–Kier alpha value is -2.30. The number of para-hydroxylation sites is 1. The van der Waals surface area contributed by atoms with Crippen LogP contribution >= 0.6 is 0 Å². The van der Waals surface area contributed by atoms with Crippen LogP contribution in [0.25, 0.3) is 21.8 Å². The quantitative estimate of drug-likeness (QED) is 0.425. The number of fused-ring (bicyclic) bond motifs is 2. The van der Waals surface area contributed by atoms with Crippen LogP contribution < -0.4 is 5.43 Å². The van der Waals surface area contributed by atoms with Gasteiger partial charge in [0.2, 0.25) is 0 Å². The molecule has 0 amide bonds. The lowest BCUT2D eigenvalue weighted by Crippen LogP contribution is -2.13. The Balaban J connectivity index is 2.25. The third kappa shape index (κ3) is 3.41. The van der Waals surface area contributed by atoms with Crippen molar-refractivity contribution in [3.05, 3.63) is 58.3 Å². The van der Waals surface area contributed by atoms with E-state index in [-0.39, 0.29) is 5.43 Å². The normalized spacial score (nSPS) is 12.2. The number of rotatable bonds is 5. The van der Waals surface area contributed by atoms with E-state index in [1.54, 1.807) is 18.2 Å². The van der Waals surface area contributed by atoms with Crippen molar-refractivity contribution in [3.8, 4) is 0 Å². The predicted octanol–water partition coefficient (Wildman–Crippen LogP) is 5.75. The van der Waals surface area contributed by atoms with Gasteiger partial charge < -0.3 is 4.57 Å². The average Bonchev–Trinajstić information content (AvgIpc) is 2.60. The fraction of sp³-hybridized carbons (Fsp3) is 0.350. The van der Waals surface area contributed by atoms with Crippen LogP contribution in [0.5, 0.6) is 0 Å². The number of nitrogens with zero attached hydrogens (tertiary/aromatic N) is 1. The Morgan fingerprint density at radius 3 is 2.36 bits per heavy atom. The van der Waals surface area contributed by atoms with Gasteiger partial charge in [-0.3, -0.25) is 4.79 Å². The highest BCUT2D eigenvalue weighted by Gasteiger charge is 2.31. The first-order valence-electron chi connectivity index (χ1n) is 8.56. The topological polar surface area (TPSA) is 22.0 Å². The van der Waals surface area contributed by atoms with Gasteiger partial charge in [0.15, 0.2) is 5.43 Å². The maximum atomic E-state index is 13.1. The van der Waals surface area contributed by atoms with E-state index in [4.69, 9.17) is 0 Å². The summed E-state index contributed by atoms with van der Waals surface area (Å²) in [7, 11) is 0. The number of aryl methyl sites for hydroxylation is 1. The largest absolute Gasteiger partial charge is 0.416 e. The highest BCUT2D eigenvalue weighted by atomic mass is 19.4. The summed E-state index contributed by atoms with van der Waals surface area (Å²) in [4.78, 5) is 12.7. The summed E-state index contributed by atoms with van der Waals surface area (Å²) in [5.74, 6) is 0. The van der Waals surface area contributed by atoms with Gasteiger partial charge in [-0.25, -0.2) is 0 Å². The number of pyridine rings is 1. The van der Waals surface area contributed by atoms with E-state index in [0.29, 0.717) is 28.4 Å². The van der Waals surface area contributed by atoms with Crippen molar-refractivity contribution in [3.63, 3.8) is 0 Å². The molecule has 0 saturated carbocycles. The van der Waals surface area contributed by atoms with E-state index >= 15 is 0 Å². The molecule has 0 aliphatic heterocycles. The minimum absolute atomic E-state index is 0.218. The van der Waals surface area contributed by atoms with Crippen LogP contribution in [-0.2, 0) is 12.7 Å². The van der Waals surface area contributed by atoms with E-state index in [1.165, 1.54) is 6.07 Å². The van der Waals surface area contributed by atoms with Gasteiger partial charge in [-0.1, -0.05) is 38.3 Å². The molecule has 0 bridgehead atoms. The number of unbranched alkanes of at least 4 members (excludes halogenated alkanes) is 3.